The van der Waals surface area contributed by atoms with E-state index in [0.717, 1.165) is 19.3 Å². The van der Waals surface area contributed by atoms with Crippen molar-refractivity contribution < 1.29 is 14.7 Å². The Balaban J connectivity index is 3.68. The minimum absolute atomic E-state index is 0.115. The van der Waals surface area contributed by atoms with Crippen molar-refractivity contribution in [2.45, 2.75) is 52.9 Å². The van der Waals surface area contributed by atoms with Crippen LogP contribution in [-0.4, -0.2) is 23.5 Å². The number of carbonyl (C=O) groups is 2. The smallest absolute Gasteiger partial charge is 0.303 e. The Kier molecular flexibility index (Phi) is 8.46. The lowest BCUT2D eigenvalue weighted by atomic mass is 10.0. The maximum atomic E-state index is 11.6. The molecule has 0 fully saturated rings. The van der Waals surface area contributed by atoms with Gasteiger partial charge in [-0.05, 0) is 31.6 Å². The highest BCUT2D eigenvalue weighted by Gasteiger charge is 2.13. The lowest BCUT2D eigenvalue weighted by Crippen LogP contribution is -2.31. The number of amides is 1. The van der Waals surface area contributed by atoms with Crippen molar-refractivity contribution in [2.75, 3.05) is 6.54 Å². The monoisotopic (exact) mass is 243 g/mol. The third kappa shape index (κ3) is 7.77. The van der Waals surface area contributed by atoms with E-state index < -0.39 is 5.97 Å². The number of hydrogen-bond acceptors (Lipinski definition) is 2. The standard InChI is InChI=1S/C13H25NO3/c1-4-11(5-2)13(17)14-9-8-10(3)6-7-12(15)16/h10-11H,4-9H2,1-3H3,(H,14,17)(H,15,16). The number of hydrogen-bond donors (Lipinski definition) is 2. The van der Waals surface area contributed by atoms with E-state index in [1.54, 1.807) is 0 Å². The van der Waals surface area contributed by atoms with E-state index in [4.69, 9.17) is 5.11 Å². The van der Waals surface area contributed by atoms with Gasteiger partial charge in [-0.25, -0.2) is 0 Å². The molecule has 0 bridgehead atoms. The van der Waals surface area contributed by atoms with E-state index in [1.807, 2.05) is 20.8 Å². The molecule has 0 rings (SSSR count). The molecule has 0 saturated carbocycles. The van der Waals surface area contributed by atoms with E-state index in [-0.39, 0.29) is 18.2 Å². The fourth-order valence-corrected chi connectivity index (χ4v) is 1.76. The fraction of sp³-hybridized carbons (Fsp3) is 0.846. The minimum atomic E-state index is -0.752. The molecule has 0 spiro atoms. The highest BCUT2D eigenvalue weighted by molar-refractivity contribution is 5.78. The van der Waals surface area contributed by atoms with E-state index in [1.165, 1.54) is 0 Å². The largest absolute Gasteiger partial charge is 0.481 e. The van der Waals surface area contributed by atoms with E-state index in [0.29, 0.717) is 18.9 Å². The zero-order valence-corrected chi connectivity index (χ0v) is 11.2. The summed E-state index contributed by atoms with van der Waals surface area (Å²) in [6, 6.07) is 0. The van der Waals surface area contributed by atoms with Crippen LogP contribution in [-0.2, 0) is 9.59 Å². The van der Waals surface area contributed by atoms with Crippen molar-refractivity contribution in [1.82, 2.24) is 5.32 Å². The summed E-state index contributed by atoms with van der Waals surface area (Å²) < 4.78 is 0. The molecule has 0 aliphatic rings. The summed E-state index contributed by atoms with van der Waals surface area (Å²) in [6.45, 7) is 6.70. The Bertz CT molecular complexity index is 237. The van der Waals surface area contributed by atoms with Crippen LogP contribution in [0.3, 0.4) is 0 Å². The molecule has 0 aliphatic heterocycles. The normalized spacial score (nSPS) is 12.5. The zero-order chi connectivity index (χ0) is 13.3. The molecule has 4 heteroatoms. The van der Waals surface area contributed by atoms with Gasteiger partial charge in [0.05, 0.1) is 0 Å². The van der Waals surface area contributed by atoms with Gasteiger partial charge in [0.1, 0.15) is 0 Å². The van der Waals surface area contributed by atoms with Crippen LogP contribution in [0.15, 0.2) is 0 Å². The Hall–Kier alpha value is -1.06. The molecule has 100 valence electrons. The molecule has 17 heavy (non-hydrogen) atoms. The number of carboxylic acids is 1. The van der Waals surface area contributed by atoms with Gasteiger partial charge in [-0.2, -0.15) is 0 Å². The second-order valence-corrected chi connectivity index (χ2v) is 4.63. The Labute approximate surface area is 104 Å². The second kappa shape index (κ2) is 9.02. The first-order valence-corrected chi connectivity index (χ1v) is 6.50. The fourth-order valence-electron chi connectivity index (χ4n) is 1.76. The first-order chi connectivity index (χ1) is 8.01. The molecular formula is C13H25NO3. The van der Waals surface area contributed by atoms with Crippen molar-refractivity contribution in [1.29, 1.82) is 0 Å². The van der Waals surface area contributed by atoms with Crippen LogP contribution in [0.25, 0.3) is 0 Å². The molecule has 0 aromatic rings. The highest BCUT2D eigenvalue weighted by Crippen LogP contribution is 2.10. The molecule has 0 aromatic carbocycles. The Morgan fingerprint density at radius 1 is 1.18 bits per heavy atom. The van der Waals surface area contributed by atoms with Gasteiger partial charge in [-0.3, -0.25) is 9.59 Å². The van der Waals surface area contributed by atoms with Crippen LogP contribution in [0.1, 0.15) is 52.9 Å². The van der Waals surface area contributed by atoms with Crippen molar-refractivity contribution in [3.8, 4) is 0 Å². The Morgan fingerprint density at radius 3 is 2.24 bits per heavy atom. The summed E-state index contributed by atoms with van der Waals surface area (Å²) >= 11 is 0. The minimum Gasteiger partial charge on any atom is -0.481 e. The number of carboxylic acid groups (broad SMARTS) is 1. The van der Waals surface area contributed by atoms with E-state index in [9.17, 15) is 9.59 Å². The lowest BCUT2D eigenvalue weighted by Gasteiger charge is -2.14. The maximum absolute atomic E-state index is 11.6. The molecular weight excluding hydrogens is 218 g/mol. The highest BCUT2D eigenvalue weighted by atomic mass is 16.4. The van der Waals surface area contributed by atoms with Crippen molar-refractivity contribution >= 4 is 11.9 Å². The van der Waals surface area contributed by atoms with Crippen molar-refractivity contribution in [2.24, 2.45) is 11.8 Å². The summed E-state index contributed by atoms with van der Waals surface area (Å²) in [6.07, 6.45) is 3.48. The molecule has 0 saturated heterocycles. The van der Waals surface area contributed by atoms with Gasteiger partial charge in [0.25, 0.3) is 0 Å². The molecule has 0 heterocycles. The molecule has 0 radical (unpaired) electrons. The van der Waals surface area contributed by atoms with Gasteiger partial charge in [0.15, 0.2) is 0 Å². The van der Waals surface area contributed by atoms with Gasteiger partial charge >= 0.3 is 5.97 Å². The van der Waals surface area contributed by atoms with Gasteiger partial charge < -0.3 is 10.4 Å². The van der Waals surface area contributed by atoms with Gasteiger partial charge in [-0.15, -0.1) is 0 Å². The molecule has 1 amide bonds. The Morgan fingerprint density at radius 2 is 1.76 bits per heavy atom. The van der Waals surface area contributed by atoms with Crippen LogP contribution in [0.4, 0.5) is 0 Å². The average Bonchev–Trinajstić information content (AvgIpc) is 2.28. The second-order valence-electron chi connectivity index (χ2n) is 4.63. The van der Waals surface area contributed by atoms with Crippen LogP contribution in [0, 0.1) is 11.8 Å². The van der Waals surface area contributed by atoms with Gasteiger partial charge in [-0.1, -0.05) is 20.8 Å². The number of carbonyl (C=O) groups excluding carboxylic acids is 1. The first-order valence-electron chi connectivity index (χ1n) is 6.50. The number of nitrogens with one attached hydrogen (secondary N) is 1. The number of aliphatic carboxylic acids is 1. The molecule has 1 atom stereocenters. The molecule has 0 aromatic heterocycles. The van der Waals surface area contributed by atoms with Gasteiger partial charge in [0, 0.05) is 18.9 Å². The first kappa shape index (κ1) is 15.9. The van der Waals surface area contributed by atoms with Crippen LogP contribution < -0.4 is 5.32 Å². The van der Waals surface area contributed by atoms with Crippen molar-refractivity contribution in [3.05, 3.63) is 0 Å². The third-order valence-corrected chi connectivity index (χ3v) is 3.14. The summed E-state index contributed by atoms with van der Waals surface area (Å²) in [4.78, 5) is 22.0. The zero-order valence-electron chi connectivity index (χ0n) is 11.2. The van der Waals surface area contributed by atoms with E-state index in [2.05, 4.69) is 5.32 Å². The van der Waals surface area contributed by atoms with Crippen LogP contribution in [0.2, 0.25) is 0 Å². The average molecular weight is 243 g/mol. The molecule has 0 aliphatic carbocycles. The van der Waals surface area contributed by atoms with Gasteiger partial charge in [0.2, 0.25) is 5.91 Å². The summed E-state index contributed by atoms with van der Waals surface area (Å²) in [7, 11) is 0. The van der Waals surface area contributed by atoms with E-state index >= 15 is 0 Å². The third-order valence-electron chi connectivity index (χ3n) is 3.14. The van der Waals surface area contributed by atoms with Crippen molar-refractivity contribution in [3.63, 3.8) is 0 Å². The molecule has 1 unspecified atom stereocenters. The SMILES string of the molecule is CCC(CC)C(=O)NCCC(C)CCC(=O)O. The summed E-state index contributed by atoms with van der Waals surface area (Å²) in [5, 5.41) is 11.5. The van der Waals surface area contributed by atoms with Crippen LogP contribution >= 0.6 is 0 Å². The predicted octanol–water partition coefficient (Wildman–Crippen LogP) is 2.43. The topological polar surface area (TPSA) is 66.4 Å². The quantitative estimate of drug-likeness (QED) is 0.653. The maximum Gasteiger partial charge on any atom is 0.303 e. The summed E-state index contributed by atoms with van der Waals surface area (Å²) in [5.41, 5.74) is 0. The molecule has 2 N–H and O–H groups in total. The molecule has 4 nitrogen and oxygen atoms in total. The lowest BCUT2D eigenvalue weighted by molar-refractivity contribution is -0.137. The number of rotatable bonds is 9. The van der Waals surface area contributed by atoms with Crippen LogP contribution in [0.5, 0.6) is 0 Å². The summed E-state index contributed by atoms with van der Waals surface area (Å²) in [5.74, 6) is -0.171. The predicted molar refractivity (Wildman–Crippen MR) is 67.7 cm³/mol.